The molecule has 1 aromatic rings. The minimum absolute atomic E-state index is 0.0888. The van der Waals surface area contributed by atoms with Crippen LogP contribution in [-0.4, -0.2) is 29.8 Å². The predicted molar refractivity (Wildman–Crippen MR) is 54.0 cm³/mol. The highest BCUT2D eigenvalue weighted by Gasteiger charge is 2.32. The Morgan fingerprint density at radius 2 is 2.00 bits per heavy atom. The average Bonchev–Trinajstić information content (AvgIpc) is 2.15. The average molecular weight is 234 g/mol. The maximum absolute atomic E-state index is 12.2. The fraction of sp³-hybridized carbons (Fsp3) is 0.556. The molecule has 1 rings (SSSR count). The molecule has 7 heteroatoms. The van der Waals surface area contributed by atoms with Crippen LogP contribution in [0, 0.1) is 0 Å². The van der Waals surface area contributed by atoms with Gasteiger partial charge in [-0.3, -0.25) is 0 Å². The van der Waals surface area contributed by atoms with Crippen LogP contribution < -0.4 is 10.6 Å². The van der Waals surface area contributed by atoms with Crippen LogP contribution in [0.5, 0.6) is 0 Å². The van der Waals surface area contributed by atoms with Crippen LogP contribution in [0.25, 0.3) is 0 Å². The summed E-state index contributed by atoms with van der Waals surface area (Å²) in [4.78, 5) is 1.65. The molecule has 4 nitrogen and oxygen atoms in total. The minimum atomic E-state index is -4.45. The highest BCUT2D eigenvalue weighted by atomic mass is 19.4. The van der Waals surface area contributed by atoms with Gasteiger partial charge in [0.05, 0.1) is 0 Å². The van der Waals surface area contributed by atoms with Gasteiger partial charge in [0, 0.05) is 19.6 Å². The lowest BCUT2D eigenvalue weighted by Crippen LogP contribution is -2.33. The van der Waals surface area contributed by atoms with E-state index in [0.717, 1.165) is 6.07 Å². The van der Waals surface area contributed by atoms with E-state index in [1.165, 1.54) is 6.07 Å². The molecule has 0 amide bonds. The van der Waals surface area contributed by atoms with Gasteiger partial charge in [-0.1, -0.05) is 0 Å². The summed E-state index contributed by atoms with van der Waals surface area (Å²) in [6.07, 6.45) is -4.45. The molecular formula is C9H13F3N4. The summed E-state index contributed by atoms with van der Waals surface area (Å²) in [6.45, 7) is 2.30. The highest BCUT2D eigenvalue weighted by Crippen LogP contribution is 2.27. The maximum Gasteiger partial charge on any atom is 0.435 e. The Balaban J connectivity index is 2.79. The van der Waals surface area contributed by atoms with E-state index < -0.39 is 11.9 Å². The lowest BCUT2D eigenvalue weighted by atomic mass is 10.3. The number of nitrogens with two attached hydrogens (primary N) is 1. The molecule has 90 valence electrons. The van der Waals surface area contributed by atoms with Crippen molar-refractivity contribution in [3.63, 3.8) is 0 Å². The van der Waals surface area contributed by atoms with Crippen LogP contribution in [0.1, 0.15) is 12.6 Å². The molecule has 1 unspecified atom stereocenters. The molecule has 1 aromatic heterocycles. The van der Waals surface area contributed by atoms with Gasteiger partial charge in [0.25, 0.3) is 0 Å². The quantitative estimate of drug-likeness (QED) is 0.856. The summed E-state index contributed by atoms with van der Waals surface area (Å²) < 4.78 is 36.6. The van der Waals surface area contributed by atoms with Gasteiger partial charge in [-0.15, -0.1) is 10.2 Å². The summed E-state index contributed by atoms with van der Waals surface area (Å²) in [5, 5.41) is 6.62. The van der Waals surface area contributed by atoms with E-state index in [1.807, 2.05) is 0 Å². The number of alkyl halides is 3. The molecule has 1 heterocycles. The van der Waals surface area contributed by atoms with Crippen LogP contribution in [0.3, 0.4) is 0 Å². The van der Waals surface area contributed by atoms with Crippen LogP contribution in [-0.2, 0) is 6.18 Å². The molecule has 2 N–H and O–H groups in total. The van der Waals surface area contributed by atoms with Crippen molar-refractivity contribution in [3.05, 3.63) is 17.8 Å². The molecule has 0 bridgehead atoms. The van der Waals surface area contributed by atoms with E-state index in [0.29, 0.717) is 12.4 Å². The maximum atomic E-state index is 12.2. The first-order chi connectivity index (χ1) is 7.30. The van der Waals surface area contributed by atoms with Crippen molar-refractivity contribution < 1.29 is 13.2 Å². The first-order valence-electron chi connectivity index (χ1n) is 4.68. The molecule has 1 atom stereocenters. The number of rotatable bonds is 3. The number of hydrogen-bond donors (Lipinski definition) is 1. The van der Waals surface area contributed by atoms with Crippen molar-refractivity contribution in [1.29, 1.82) is 0 Å². The first-order valence-corrected chi connectivity index (χ1v) is 4.68. The Labute approximate surface area is 91.3 Å². The van der Waals surface area contributed by atoms with Gasteiger partial charge < -0.3 is 10.6 Å². The number of hydrogen-bond acceptors (Lipinski definition) is 4. The van der Waals surface area contributed by atoms with E-state index in [2.05, 4.69) is 10.2 Å². The van der Waals surface area contributed by atoms with Crippen molar-refractivity contribution in [1.82, 2.24) is 10.2 Å². The molecule has 0 spiro atoms. The summed E-state index contributed by atoms with van der Waals surface area (Å²) >= 11 is 0. The monoisotopic (exact) mass is 234 g/mol. The SMILES string of the molecule is CC(N)CN(C)c1ccc(C(F)(F)F)nn1. The van der Waals surface area contributed by atoms with Gasteiger partial charge >= 0.3 is 6.18 Å². The van der Waals surface area contributed by atoms with E-state index in [1.54, 1.807) is 18.9 Å². The molecule has 0 radical (unpaired) electrons. The van der Waals surface area contributed by atoms with Gasteiger partial charge in [0.15, 0.2) is 11.5 Å². The zero-order valence-electron chi connectivity index (χ0n) is 8.99. The zero-order chi connectivity index (χ0) is 12.3. The van der Waals surface area contributed by atoms with E-state index in [9.17, 15) is 13.2 Å². The molecular weight excluding hydrogens is 221 g/mol. The molecule has 0 aromatic carbocycles. The normalized spacial score (nSPS) is 13.6. The lowest BCUT2D eigenvalue weighted by molar-refractivity contribution is -0.141. The molecule has 16 heavy (non-hydrogen) atoms. The van der Waals surface area contributed by atoms with Crippen molar-refractivity contribution >= 4 is 5.82 Å². The van der Waals surface area contributed by atoms with Gasteiger partial charge in [0.1, 0.15) is 0 Å². The lowest BCUT2D eigenvalue weighted by Gasteiger charge is -2.19. The molecule has 0 aliphatic rings. The smallest absolute Gasteiger partial charge is 0.357 e. The molecule has 0 saturated heterocycles. The number of nitrogens with zero attached hydrogens (tertiary/aromatic N) is 3. The van der Waals surface area contributed by atoms with Crippen LogP contribution >= 0.6 is 0 Å². The second kappa shape index (κ2) is 4.65. The molecule has 0 fully saturated rings. The van der Waals surface area contributed by atoms with Gasteiger partial charge in [-0.25, -0.2) is 0 Å². The van der Waals surface area contributed by atoms with Crippen LogP contribution in [0.15, 0.2) is 12.1 Å². The van der Waals surface area contributed by atoms with Crippen LogP contribution in [0.2, 0.25) is 0 Å². The van der Waals surface area contributed by atoms with Gasteiger partial charge in [-0.2, -0.15) is 13.2 Å². The van der Waals surface area contributed by atoms with Crippen molar-refractivity contribution in [2.24, 2.45) is 5.73 Å². The number of likely N-dealkylation sites (N-methyl/N-ethyl adjacent to an activating group) is 1. The zero-order valence-corrected chi connectivity index (χ0v) is 8.99. The number of aromatic nitrogens is 2. The fourth-order valence-corrected chi connectivity index (χ4v) is 1.21. The van der Waals surface area contributed by atoms with Crippen molar-refractivity contribution in [2.45, 2.75) is 19.1 Å². The van der Waals surface area contributed by atoms with E-state index >= 15 is 0 Å². The summed E-state index contributed by atoms with van der Waals surface area (Å²) in [5.74, 6) is 0.366. The van der Waals surface area contributed by atoms with Crippen LogP contribution in [0.4, 0.5) is 19.0 Å². The minimum Gasteiger partial charge on any atom is -0.357 e. The Bertz CT molecular complexity index is 334. The fourth-order valence-electron chi connectivity index (χ4n) is 1.21. The Hall–Kier alpha value is -1.37. The van der Waals surface area contributed by atoms with Gasteiger partial charge in [-0.05, 0) is 19.1 Å². The van der Waals surface area contributed by atoms with E-state index in [-0.39, 0.29) is 6.04 Å². The Morgan fingerprint density at radius 3 is 2.38 bits per heavy atom. The third-order valence-electron chi connectivity index (χ3n) is 1.89. The number of halogens is 3. The third-order valence-corrected chi connectivity index (χ3v) is 1.89. The molecule has 0 aliphatic carbocycles. The highest BCUT2D eigenvalue weighted by molar-refractivity contribution is 5.36. The predicted octanol–water partition coefficient (Wildman–Crippen LogP) is 1.28. The van der Waals surface area contributed by atoms with Crippen molar-refractivity contribution in [3.8, 4) is 0 Å². The number of anilines is 1. The Kier molecular flexibility index (Phi) is 3.69. The largest absolute Gasteiger partial charge is 0.435 e. The second-order valence-corrected chi connectivity index (χ2v) is 3.63. The Morgan fingerprint density at radius 1 is 1.38 bits per heavy atom. The second-order valence-electron chi connectivity index (χ2n) is 3.63. The standard InChI is InChI=1S/C9H13F3N4/c1-6(13)5-16(2)8-4-3-7(14-15-8)9(10,11)12/h3-4,6H,5,13H2,1-2H3. The van der Waals surface area contributed by atoms with E-state index in [4.69, 9.17) is 5.73 Å². The summed E-state index contributed by atoms with van der Waals surface area (Å²) in [7, 11) is 1.70. The third kappa shape index (κ3) is 3.34. The first kappa shape index (κ1) is 12.7. The molecule has 0 aliphatic heterocycles. The van der Waals surface area contributed by atoms with Gasteiger partial charge in [0.2, 0.25) is 0 Å². The molecule has 0 saturated carbocycles. The van der Waals surface area contributed by atoms with Crippen molar-refractivity contribution in [2.75, 3.05) is 18.5 Å². The topological polar surface area (TPSA) is 55.0 Å². The summed E-state index contributed by atoms with van der Waals surface area (Å²) in [5.41, 5.74) is 4.57. The summed E-state index contributed by atoms with van der Waals surface area (Å²) in [6, 6.07) is 2.09.